The van der Waals surface area contributed by atoms with Crippen LogP contribution in [0.5, 0.6) is 0 Å². The van der Waals surface area contributed by atoms with Gasteiger partial charge in [-0.15, -0.1) is 0 Å². The first-order chi connectivity index (χ1) is 13.0. The van der Waals surface area contributed by atoms with Crippen molar-refractivity contribution < 1.29 is 14.3 Å². The summed E-state index contributed by atoms with van der Waals surface area (Å²) in [6, 6.07) is 13.6. The lowest BCUT2D eigenvalue weighted by Gasteiger charge is -2.39. The number of rotatable bonds is 4. The molecule has 0 amide bonds. The van der Waals surface area contributed by atoms with Gasteiger partial charge in [0.1, 0.15) is 11.9 Å². The molecule has 0 spiro atoms. The monoisotopic (exact) mass is 367 g/mol. The van der Waals surface area contributed by atoms with Crippen molar-refractivity contribution in [1.29, 1.82) is 0 Å². The lowest BCUT2D eigenvalue weighted by molar-refractivity contribution is -0.143. The Hall–Kier alpha value is -2.86. The van der Waals surface area contributed by atoms with Crippen molar-refractivity contribution in [2.24, 2.45) is 0 Å². The van der Waals surface area contributed by atoms with E-state index in [0.29, 0.717) is 26.2 Å². The van der Waals surface area contributed by atoms with Crippen molar-refractivity contribution in [2.45, 2.75) is 13.0 Å². The maximum Gasteiger partial charge on any atom is 0.325 e. The summed E-state index contributed by atoms with van der Waals surface area (Å²) < 4.78 is 13.1. The van der Waals surface area contributed by atoms with Crippen LogP contribution in [0.2, 0.25) is 0 Å². The van der Waals surface area contributed by atoms with Crippen molar-refractivity contribution in [3.8, 4) is 0 Å². The molecule has 2 N–H and O–H groups in total. The average molecular weight is 367 g/mol. The Morgan fingerprint density at radius 1 is 1.07 bits per heavy atom. The van der Waals surface area contributed by atoms with Gasteiger partial charge in [-0.2, -0.15) is 0 Å². The van der Waals surface area contributed by atoms with Crippen LogP contribution >= 0.6 is 0 Å². The summed E-state index contributed by atoms with van der Waals surface area (Å²) in [6.07, 6.45) is 0. The van der Waals surface area contributed by atoms with E-state index in [4.69, 9.17) is 0 Å². The third-order valence-corrected chi connectivity index (χ3v) is 5.32. The number of nitrogens with one attached hydrogen (secondary N) is 1. The van der Waals surface area contributed by atoms with Crippen LogP contribution in [-0.2, 0) is 4.79 Å². The van der Waals surface area contributed by atoms with Crippen molar-refractivity contribution >= 4 is 22.6 Å². The van der Waals surface area contributed by atoms with Gasteiger partial charge in [0.15, 0.2) is 0 Å². The van der Waals surface area contributed by atoms with Gasteiger partial charge in [-0.1, -0.05) is 18.2 Å². The standard InChI is InChI=1S/C21H22FN3O2/c1-14-19(17-4-2-3-5-18(17)23-14)20(21(26)27)25-12-10-24(11-13-25)16-8-6-15(22)7-9-16/h2-9,20,23H,10-13H2,1H3,(H,26,27). The van der Waals surface area contributed by atoms with Crippen LogP contribution < -0.4 is 4.90 Å². The lowest BCUT2D eigenvalue weighted by Crippen LogP contribution is -2.49. The van der Waals surface area contributed by atoms with Gasteiger partial charge in [-0.3, -0.25) is 9.69 Å². The maximum absolute atomic E-state index is 13.1. The van der Waals surface area contributed by atoms with Crippen molar-refractivity contribution in [3.63, 3.8) is 0 Å². The Morgan fingerprint density at radius 3 is 2.41 bits per heavy atom. The van der Waals surface area contributed by atoms with Crippen LogP contribution in [0.15, 0.2) is 48.5 Å². The minimum Gasteiger partial charge on any atom is -0.480 e. The Labute approximate surface area is 157 Å². The summed E-state index contributed by atoms with van der Waals surface area (Å²) in [5, 5.41) is 10.9. The first-order valence-electron chi connectivity index (χ1n) is 9.09. The Balaban J connectivity index is 1.58. The van der Waals surface area contributed by atoms with Crippen LogP contribution in [0.4, 0.5) is 10.1 Å². The van der Waals surface area contributed by atoms with Gasteiger partial charge >= 0.3 is 5.97 Å². The van der Waals surface area contributed by atoms with Gasteiger partial charge in [0, 0.05) is 54.0 Å². The number of para-hydroxylation sites is 1. The highest BCUT2D eigenvalue weighted by atomic mass is 19.1. The first-order valence-corrected chi connectivity index (χ1v) is 9.09. The number of halogens is 1. The summed E-state index contributed by atoms with van der Waals surface area (Å²) >= 11 is 0. The third kappa shape index (κ3) is 3.28. The average Bonchev–Trinajstić information content (AvgIpc) is 2.99. The number of aromatic nitrogens is 1. The second-order valence-electron chi connectivity index (χ2n) is 6.95. The number of hydrogen-bond acceptors (Lipinski definition) is 3. The molecule has 2 aromatic carbocycles. The van der Waals surface area contributed by atoms with Gasteiger partial charge in [0.25, 0.3) is 0 Å². The molecule has 6 heteroatoms. The number of carboxylic acids is 1. The summed E-state index contributed by atoms with van der Waals surface area (Å²) in [6.45, 7) is 4.61. The predicted molar refractivity (Wildman–Crippen MR) is 104 cm³/mol. The van der Waals surface area contributed by atoms with E-state index in [0.717, 1.165) is 27.8 Å². The van der Waals surface area contributed by atoms with E-state index in [1.54, 1.807) is 12.1 Å². The second-order valence-corrected chi connectivity index (χ2v) is 6.95. The second kappa shape index (κ2) is 7.04. The number of piperazine rings is 1. The fourth-order valence-electron chi connectivity index (χ4n) is 4.00. The maximum atomic E-state index is 13.1. The van der Waals surface area contributed by atoms with Gasteiger partial charge in [0.2, 0.25) is 0 Å². The summed E-state index contributed by atoms with van der Waals surface area (Å²) in [5.74, 6) is -1.09. The van der Waals surface area contributed by atoms with Gasteiger partial charge in [-0.25, -0.2) is 4.39 Å². The molecule has 1 fully saturated rings. The van der Waals surface area contributed by atoms with E-state index in [9.17, 15) is 14.3 Å². The number of H-pyrrole nitrogens is 1. The van der Waals surface area contributed by atoms with Crippen LogP contribution in [0.3, 0.4) is 0 Å². The first kappa shape index (κ1) is 17.5. The molecule has 27 heavy (non-hydrogen) atoms. The number of aliphatic carboxylic acids is 1. The topological polar surface area (TPSA) is 59.6 Å². The van der Waals surface area contributed by atoms with E-state index in [2.05, 4.69) is 9.88 Å². The van der Waals surface area contributed by atoms with Crippen molar-refractivity contribution in [1.82, 2.24) is 9.88 Å². The number of hydrogen-bond donors (Lipinski definition) is 2. The number of aromatic amines is 1. The molecule has 2 heterocycles. The Morgan fingerprint density at radius 2 is 1.74 bits per heavy atom. The SMILES string of the molecule is Cc1[nH]c2ccccc2c1C(C(=O)O)N1CCN(c2ccc(F)cc2)CC1. The summed E-state index contributed by atoms with van der Waals surface area (Å²) in [4.78, 5) is 19.7. The Kier molecular flexibility index (Phi) is 4.58. The number of aryl methyl sites for hydroxylation is 1. The fourth-order valence-corrected chi connectivity index (χ4v) is 4.00. The molecule has 1 saturated heterocycles. The fraction of sp³-hybridized carbons (Fsp3) is 0.286. The van der Waals surface area contributed by atoms with Crippen molar-refractivity contribution in [2.75, 3.05) is 31.1 Å². The molecule has 1 atom stereocenters. The van der Waals surface area contributed by atoms with E-state index >= 15 is 0 Å². The smallest absolute Gasteiger partial charge is 0.325 e. The highest BCUT2D eigenvalue weighted by Crippen LogP contribution is 2.32. The van der Waals surface area contributed by atoms with Gasteiger partial charge in [-0.05, 0) is 37.3 Å². The predicted octanol–water partition coefficient (Wildman–Crippen LogP) is 3.56. The molecule has 4 rings (SSSR count). The minimum atomic E-state index is -0.835. The largest absolute Gasteiger partial charge is 0.480 e. The van der Waals surface area contributed by atoms with Crippen LogP contribution in [-0.4, -0.2) is 47.1 Å². The third-order valence-electron chi connectivity index (χ3n) is 5.32. The molecule has 0 bridgehead atoms. The number of carboxylic acid groups (broad SMARTS) is 1. The Bertz CT molecular complexity index is 959. The quantitative estimate of drug-likeness (QED) is 0.740. The number of carbonyl (C=O) groups is 1. The molecule has 1 aliphatic heterocycles. The van der Waals surface area contributed by atoms with E-state index in [1.807, 2.05) is 36.1 Å². The van der Waals surface area contributed by atoms with Crippen molar-refractivity contribution in [3.05, 3.63) is 65.6 Å². The van der Waals surface area contributed by atoms with E-state index < -0.39 is 12.0 Å². The number of fused-ring (bicyclic) bond motifs is 1. The molecular formula is C21H22FN3O2. The van der Waals surface area contributed by atoms with Crippen LogP contribution in [0, 0.1) is 12.7 Å². The lowest BCUT2D eigenvalue weighted by atomic mass is 10.0. The molecular weight excluding hydrogens is 345 g/mol. The highest BCUT2D eigenvalue weighted by Gasteiger charge is 2.33. The number of benzene rings is 2. The molecule has 1 aliphatic rings. The van der Waals surface area contributed by atoms with Gasteiger partial charge in [0.05, 0.1) is 0 Å². The molecule has 0 radical (unpaired) electrons. The van der Waals surface area contributed by atoms with E-state index in [1.165, 1.54) is 12.1 Å². The van der Waals surface area contributed by atoms with Crippen LogP contribution in [0.25, 0.3) is 10.9 Å². The highest BCUT2D eigenvalue weighted by molar-refractivity contribution is 5.90. The molecule has 1 aromatic heterocycles. The van der Waals surface area contributed by atoms with Gasteiger partial charge < -0.3 is 15.0 Å². The zero-order valence-electron chi connectivity index (χ0n) is 15.2. The molecule has 3 aromatic rings. The van der Waals surface area contributed by atoms with E-state index in [-0.39, 0.29) is 5.82 Å². The van der Waals surface area contributed by atoms with Crippen LogP contribution in [0.1, 0.15) is 17.3 Å². The molecule has 0 saturated carbocycles. The number of anilines is 1. The molecule has 5 nitrogen and oxygen atoms in total. The molecule has 0 aliphatic carbocycles. The summed E-state index contributed by atoms with van der Waals surface area (Å²) in [5.41, 5.74) is 3.66. The minimum absolute atomic E-state index is 0.252. The normalized spacial score (nSPS) is 16.6. The zero-order chi connectivity index (χ0) is 19.0. The zero-order valence-corrected chi connectivity index (χ0v) is 15.2. The molecule has 140 valence electrons. The molecule has 1 unspecified atom stereocenters. The number of nitrogens with zero attached hydrogens (tertiary/aromatic N) is 2. The summed E-state index contributed by atoms with van der Waals surface area (Å²) in [7, 11) is 0.